The number of methoxy groups -OCH3 is 1. The van der Waals surface area contributed by atoms with Crippen LogP contribution in [0.15, 0.2) is 72.8 Å². The molecule has 1 spiro atoms. The lowest BCUT2D eigenvalue weighted by Gasteiger charge is -2.36. The van der Waals surface area contributed by atoms with Crippen molar-refractivity contribution in [1.29, 1.82) is 0 Å². The van der Waals surface area contributed by atoms with Gasteiger partial charge in [0.05, 0.1) is 13.0 Å². The predicted octanol–water partition coefficient (Wildman–Crippen LogP) is 4.82. The summed E-state index contributed by atoms with van der Waals surface area (Å²) in [6, 6.07) is 23.7. The second-order valence-corrected chi connectivity index (χ2v) is 10.3. The minimum atomic E-state index is -1.08. The number of carbonyl (C=O) groups excluding carboxylic acids is 2. The average molecular weight is 471 g/mol. The molecule has 6 rings (SSSR count). The Morgan fingerprint density at radius 3 is 2.59 bits per heavy atom. The summed E-state index contributed by atoms with van der Waals surface area (Å²) in [4.78, 5) is 30.7. The predicted molar refractivity (Wildman–Crippen MR) is 134 cm³/mol. The van der Waals surface area contributed by atoms with E-state index in [1.54, 1.807) is 7.11 Å². The first-order valence-corrected chi connectivity index (χ1v) is 12.7. The number of rotatable bonds is 4. The Bertz CT molecular complexity index is 1280. The molecule has 172 valence electrons. The largest absolute Gasteiger partial charge is 0.497 e. The lowest BCUT2D eigenvalue weighted by Crippen LogP contribution is -2.52. The molecular formula is C28H26N2O3S. The van der Waals surface area contributed by atoms with Crippen LogP contribution in [0.25, 0.3) is 0 Å². The molecule has 0 radical (unpaired) electrons. The van der Waals surface area contributed by atoms with Crippen LogP contribution in [0.4, 0.5) is 5.69 Å². The molecule has 0 unspecified atom stereocenters. The maximum Gasteiger partial charge on any atom is 0.250 e. The van der Waals surface area contributed by atoms with Crippen molar-refractivity contribution in [3.63, 3.8) is 0 Å². The number of carbonyl (C=O) groups is 2. The van der Waals surface area contributed by atoms with E-state index >= 15 is 0 Å². The van der Waals surface area contributed by atoms with Gasteiger partial charge in [0.2, 0.25) is 5.91 Å². The van der Waals surface area contributed by atoms with Crippen molar-refractivity contribution in [3.8, 4) is 5.75 Å². The number of hydrogen-bond donors (Lipinski definition) is 1. The van der Waals surface area contributed by atoms with E-state index in [1.807, 2.05) is 79.3 Å². The molecule has 4 atom stereocenters. The van der Waals surface area contributed by atoms with Crippen molar-refractivity contribution in [2.24, 2.45) is 5.92 Å². The molecule has 2 fully saturated rings. The number of ether oxygens (including phenoxy) is 1. The van der Waals surface area contributed by atoms with Gasteiger partial charge in [-0.15, -0.1) is 11.8 Å². The number of thioether (sulfide) groups is 1. The highest BCUT2D eigenvalue weighted by Crippen LogP contribution is 2.61. The zero-order valence-corrected chi connectivity index (χ0v) is 20.0. The van der Waals surface area contributed by atoms with Gasteiger partial charge < -0.3 is 10.1 Å². The number of ketones is 1. The number of aryl methyl sites for hydroxylation is 1. The number of anilines is 1. The number of nitrogens with zero attached hydrogens (tertiary/aromatic N) is 1. The van der Waals surface area contributed by atoms with Crippen molar-refractivity contribution in [2.75, 3.05) is 24.1 Å². The molecule has 0 bridgehead atoms. The smallest absolute Gasteiger partial charge is 0.250 e. The standard InChI is InChI=1S/C28H26N2O3S/c1-17-8-10-19(11-9-17)26(31)25-24(18-6-4-3-5-7-18)23-15-34-16-30(23)28(25)21-14-20(33-2)12-13-22(21)29-27(28)32/h3-14,23-25H,15-16H2,1-2H3,(H,29,32)/t23-,24+,25+,28-/m1/s1. The molecule has 3 aliphatic rings. The summed E-state index contributed by atoms with van der Waals surface area (Å²) >= 11 is 1.83. The van der Waals surface area contributed by atoms with Crippen LogP contribution in [0.3, 0.4) is 0 Å². The zero-order valence-electron chi connectivity index (χ0n) is 19.2. The van der Waals surface area contributed by atoms with Gasteiger partial charge in [-0.2, -0.15) is 0 Å². The molecular weight excluding hydrogens is 444 g/mol. The van der Waals surface area contributed by atoms with Crippen LogP contribution in [0.5, 0.6) is 5.75 Å². The number of amides is 1. The van der Waals surface area contributed by atoms with Crippen LogP contribution < -0.4 is 10.1 Å². The van der Waals surface area contributed by atoms with Gasteiger partial charge in [-0.25, -0.2) is 0 Å². The molecule has 5 nitrogen and oxygen atoms in total. The monoisotopic (exact) mass is 470 g/mol. The Labute approximate surface area is 203 Å². The molecule has 3 heterocycles. The molecule has 6 heteroatoms. The summed E-state index contributed by atoms with van der Waals surface area (Å²) in [5, 5.41) is 3.11. The van der Waals surface area contributed by atoms with Gasteiger partial charge in [0.1, 0.15) is 11.3 Å². The first-order chi connectivity index (χ1) is 16.6. The lowest BCUT2D eigenvalue weighted by molar-refractivity contribution is -0.127. The molecule has 0 aliphatic carbocycles. The van der Waals surface area contributed by atoms with Crippen LogP contribution in [0.2, 0.25) is 0 Å². The molecule has 3 aromatic rings. The summed E-state index contributed by atoms with van der Waals surface area (Å²) in [5.41, 5.74) is 3.37. The Morgan fingerprint density at radius 1 is 1.09 bits per heavy atom. The fourth-order valence-corrected chi connectivity index (χ4v) is 7.45. The Kier molecular flexibility index (Phi) is 5.04. The van der Waals surface area contributed by atoms with E-state index in [0.717, 1.165) is 28.1 Å². The summed E-state index contributed by atoms with van der Waals surface area (Å²) in [6.07, 6.45) is 0. The number of benzene rings is 3. The fourth-order valence-electron chi connectivity index (χ4n) is 6.13. The van der Waals surface area contributed by atoms with E-state index in [1.165, 1.54) is 0 Å². The third-order valence-electron chi connectivity index (χ3n) is 7.63. The molecule has 0 saturated carbocycles. The van der Waals surface area contributed by atoms with Gasteiger partial charge in [0, 0.05) is 40.4 Å². The number of hydrogen-bond acceptors (Lipinski definition) is 5. The molecule has 0 aromatic heterocycles. The summed E-state index contributed by atoms with van der Waals surface area (Å²) < 4.78 is 5.55. The minimum absolute atomic E-state index is 0.0130. The van der Waals surface area contributed by atoms with Crippen molar-refractivity contribution < 1.29 is 14.3 Å². The van der Waals surface area contributed by atoms with E-state index in [2.05, 4.69) is 22.3 Å². The van der Waals surface area contributed by atoms with Crippen LogP contribution in [-0.2, 0) is 10.3 Å². The SMILES string of the molecule is COc1ccc2c(c1)[C@]1(C(=O)N2)[C@H](C(=O)c2ccc(C)cc2)[C@@H](c2ccccc2)[C@H]2CSCN21. The molecule has 1 amide bonds. The topological polar surface area (TPSA) is 58.6 Å². The quantitative estimate of drug-likeness (QED) is 0.554. The normalized spacial score (nSPS) is 27.5. The highest BCUT2D eigenvalue weighted by molar-refractivity contribution is 7.99. The van der Waals surface area contributed by atoms with Crippen molar-refractivity contribution in [1.82, 2.24) is 4.90 Å². The molecule has 3 aromatic carbocycles. The average Bonchev–Trinajstić information content (AvgIpc) is 3.52. The Morgan fingerprint density at radius 2 is 1.85 bits per heavy atom. The highest BCUT2D eigenvalue weighted by Gasteiger charge is 2.69. The van der Waals surface area contributed by atoms with Gasteiger partial charge in [0.25, 0.3) is 0 Å². The van der Waals surface area contributed by atoms with Gasteiger partial charge in [-0.05, 0) is 30.7 Å². The summed E-state index contributed by atoms with van der Waals surface area (Å²) in [7, 11) is 1.63. The molecule has 34 heavy (non-hydrogen) atoms. The van der Waals surface area contributed by atoms with Crippen molar-refractivity contribution >= 4 is 29.1 Å². The number of fused-ring (bicyclic) bond motifs is 4. The second-order valence-electron chi connectivity index (χ2n) is 9.31. The van der Waals surface area contributed by atoms with Gasteiger partial charge in [-0.3, -0.25) is 14.5 Å². The Hall–Kier alpha value is -3.09. The highest BCUT2D eigenvalue weighted by atomic mass is 32.2. The lowest BCUT2D eigenvalue weighted by atomic mass is 9.69. The molecule has 2 saturated heterocycles. The summed E-state index contributed by atoms with van der Waals surface area (Å²) in [6.45, 7) is 2.01. The summed E-state index contributed by atoms with van der Waals surface area (Å²) in [5.74, 6) is 1.50. The van der Waals surface area contributed by atoms with Gasteiger partial charge in [-0.1, -0.05) is 60.2 Å². The van der Waals surface area contributed by atoms with Crippen molar-refractivity contribution in [2.45, 2.75) is 24.4 Å². The van der Waals surface area contributed by atoms with Gasteiger partial charge >= 0.3 is 0 Å². The van der Waals surface area contributed by atoms with E-state index in [0.29, 0.717) is 17.2 Å². The number of nitrogens with one attached hydrogen (secondary N) is 1. The van der Waals surface area contributed by atoms with Gasteiger partial charge in [0.15, 0.2) is 5.78 Å². The molecule has 1 N–H and O–H groups in total. The van der Waals surface area contributed by atoms with E-state index in [-0.39, 0.29) is 23.7 Å². The first kappa shape index (κ1) is 21.4. The maximum atomic E-state index is 14.4. The molecule has 3 aliphatic heterocycles. The van der Waals surface area contributed by atoms with Crippen LogP contribution in [0, 0.1) is 12.8 Å². The third kappa shape index (κ3) is 2.91. The maximum absolute atomic E-state index is 14.4. The fraction of sp³-hybridized carbons (Fsp3) is 0.286. The first-order valence-electron chi connectivity index (χ1n) is 11.6. The minimum Gasteiger partial charge on any atom is -0.497 e. The van der Waals surface area contributed by atoms with Crippen LogP contribution in [0.1, 0.15) is 33.0 Å². The van der Waals surface area contributed by atoms with Crippen LogP contribution >= 0.6 is 11.8 Å². The second kappa shape index (κ2) is 8.00. The zero-order chi connectivity index (χ0) is 23.4. The third-order valence-corrected chi connectivity index (χ3v) is 8.67. The Balaban J connectivity index is 1.62. The number of Topliss-reactive ketones (excluding diaryl/α,β-unsaturated/α-hetero) is 1. The van der Waals surface area contributed by atoms with Crippen LogP contribution in [-0.4, -0.2) is 41.4 Å². The van der Waals surface area contributed by atoms with E-state index < -0.39 is 11.5 Å². The van der Waals surface area contributed by atoms with E-state index in [9.17, 15) is 9.59 Å². The van der Waals surface area contributed by atoms with E-state index in [4.69, 9.17) is 4.74 Å². The van der Waals surface area contributed by atoms with Crippen molar-refractivity contribution in [3.05, 3.63) is 95.1 Å².